The molecule has 3 nitrogen and oxygen atoms in total. The molecule has 0 spiro atoms. The molecular formula is C20H19Cl2N3. The first-order valence-electron chi connectivity index (χ1n) is 8.47. The molecule has 2 aromatic carbocycles. The SMILES string of the molecule is Clc1ccc(C(c2ccnc3ccccc23)N2CCNCC2)c(Cl)c1. The molecule has 1 fully saturated rings. The largest absolute Gasteiger partial charge is 0.314 e. The molecule has 1 saturated heterocycles. The lowest BCUT2D eigenvalue weighted by molar-refractivity contribution is 0.199. The zero-order chi connectivity index (χ0) is 17.2. The number of halogens is 2. The van der Waals surface area contributed by atoms with Crippen molar-refractivity contribution in [2.45, 2.75) is 6.04 Å². The Hall–Kier alpha value is -1.65. The number of hydrogen-bond donors (Lipinski definition) is 1. The van der Waals surface area contributed by atoms with E-state index in [1.807, 2.05) is 30.5 Å². The smallest absolute Gasteiger partial charge is 0.0705 e. The van der Waals surface area contributed by atoms with Crippen LogP contribution in [-0.4, -0.2) is 36.1 Å². The van der Waals surface area contributed by atoms with E-state index in [9.17, 15) is 0 Å². The number of benzene rings is 2. The average Bonchev–Trinajstić information content (AvgIpc) is 2.65. The quantitative estimate of drug-likeness (QED) is 0.732. The zero-order valence-corrected chi connectivity index (χ0v) is 15.3. The topological polar surface area (TPSA) is 28.2 Å². The fourth-order valence-corrected chi connectivity index (χ4v) is 4.09. The van der Waals surface area contributed by atoms with Gasteiger partial charge in [0.05, 0.1) is 11.6 Å². The number of nitrogens with zero attached hydrogens (tertiary/aromatic N) is 2. The number of nitrogens with one attached hydrogen (secondary N) is 1. The number of rotatable bonds is 3. The highest BCUT2D eigenvalue weighted by Gasteiger charge is 2.27. The molecule has 1 atom stereocenters. The van der Waals surface area contributed by atoms with Gasteiger partial charge in [0.2, 0.25) is 0 Å². The molecule has 1 aliphatic rings. The van der Waals surface area contributed by atoms with Gasteiger partial charge in [-0.05, 0) is 35.4 Å². The summed E-state index contributed by atoms with van der Waals surface area (Å²) >= 11 is 12.7. The fraction of sp³-hybridized carbons (Fsp3) is 0.250. The summed E-state index contributed by atoms with van der Waals surface area (Å²) in [4.78, 5) is 6.99. The van der Waals surface area contributed by atoms with Crippen LogP contribution < -0.4 is 5.32 Å². The van der Waals surface area contributed by atoms with Gasteiger partial charge in [-0.15, -0.1) is 0 Å². The van der Waals surface area contributed by atoms with Crippen molar-refractivity contribution in [3.05, 3.63) is 75.9 Å². The Bertz CT molecular complexity index is 886. The van der Waals surface area contributed by atoms with Crippen LogP contribution in [0.2, 0.25) is 10.0 Å². The second kappa shape index (κ2) is 7.30. The van der Waals surface area contributed by atoms with E-state index < -0.39 is 0 Å². The minimum Gasteiger partial charge on any atom is -0.314 e. The average molecular weight is 372 g/mol. The number of piperazine rings is 1. The molecule has 1 aliphatic heterocycles. The maximum absolute atomic E-state index is 6.60. The number of aromatic nitrogens is 1. The Kier molecular flexibility index (Phi) is 4.91. The van der Waals surface area contributed by atoms with Crippen LogP contribution in [0.3, 0.4) is 0 Å². The highest BCUT2D eigenvalue weighted by molar-refractivity contribution is 6.35. The molecule has 0 aliphatic carbocycles. The third kappa shape index (κ3) is 3.38. The summed E-state index contributed by atoms with van der Waals surface area (Å²) in [5, 5.41) is 5.96. The van der Waals surface area contributed by atoms with Gasteiger partial charge in [0.15, 0.2) is 0 Å². The molecule has 0 radical (unpaired) electrons. The Balaban J connectivity index is 1.90. The summed E-state index contributed by atoms with van der Waals surface area (Å²) < 4.78 is 0. The second-order valence-electron chi connectivity index (χ2n) is 6.27. The summed E-state index contributed by atoms with van der Waals surface area (Å²) in [6, 6.07) is 16.3. The molecule has 25 heavy (non-hydrogen) atoms. The summed E-state index contributed by atoms with van der Waals surface area (Å²) in [7, 11) is 0. The minimum absolute atomic E-state index is 0.0831. The first kappa shape index (κ1) is 16.8. The number of para-hydroxylation sites is 1. The third-order valence-corrected chi connectivity index (χ3v) is 5.31. The Labute approximate surface area is 157 Å². The Morgan fingerprint density at radius 3 is 2.56 bits per heavy atom. The van der Waals surface area contributed by atoms with Gasteiger partial charge in [-0.1, -0.05) is 47.5 Å². The Morgan fingerprint density at radius 1 is 0.960 bits per heavy atom. The van der Waals surface area contributed by atoms with E-state index in [1.54, 1.807) is 0 Å². The van der Waals surface area contributed by atoms with Gasteiger partial charge in [-0.2, -0.15) is 0 Å². The lowest BCUT2D eigenvalue weighted by Gasteiger charge is -2.36. The van der Waals surface area contributed by atoms with Crippen LogP contribution in [0.15, 0.2) is 54.7 Å². The van der Waals surface area contributed by atoms with Crippen molar-refractivity contribution in [3.63, 3.8) is 0 Å². The molecule has 2 heterocycles. The van der Waals surface area contributed by atoms with Gasteiger partial charge in [0.1, 0.15) is 0 Å². The van der Waals surface area contributed by atoms with Crippen LogP contribution in [0, 0.1) is 0 Å². The van der Waals surface area contributed by atoms with Crippen molar-refractivity contribution in [1.29, 1.82) is 0 Å². The van der Waals surface area contributed by atoms with E-state index in [-0.39, 0.29) is 6.04 Å². The van der Waals surface area contributed by atoms with Crippen molar-refractivity contribution in [1.82, 2.24) is 15.2 Å². The molecule has 0 bridgehead atoms. The monoisotopic (exact) mass is 371 g/mol. The van der Waals surface area contributed by atoms with Gasteiger partial charge in [0, 0.05) is 47.8 Å². The first-order chi connectivity index (χ1) is 12.2. The number of fused-ring (bicyclic) bond motifs is 1. The molecule has 5 heteroatoms. The van der Waals surface area contributed by atoms with E-state index in [4.69, 9.17) is 23.2 Å². The van der Waals surface area contributed by atoms with Crippen molar-refractivity contribution in [3.8, 4) is 0 Å². The Morgan fingerprint density at radius 2 is 1.76 bits per heavy atom. The molecule has 1 aromatic heterocycles. The van der Waals surface area contributed by atoms with E-state index in [0.717, 1.165) is 37.3 Å². The van der Waals surface area contributed by atoms with E-state index in [0.29, 0.717) is 10.0 Å². The van der Waals surface area contributed by atoms with E-state index in [2.05, 4.69) is 39.5 Å². The maximum Gasteiger partial charge on any atom is 0.0705 e. The second-order valence-corrected chi connectivity index (χ2v) is 7.12. The fourth-order valence-electron chi connectivity index (χ4n) is 3.58. The van der Waals surface area contributed by atoms with Crippen LogP contribution in [0.4, 0.5) is 0 Å². The van der Waals surface area contributed by atoms with Gasteiger partial charge in [-0.25, -0.2) is 0 Å². The predicted octanol–water partition coefficient (Wildman–Crippen LogP) is 4.54. The standard InChI is InChI=1S/C20H19Cl2N3/c21-14-5-6-17(18(22)13-14)20(25-11-9-23-10-12-25)16-7-8-24-19-4-2-1-3-15(16)19/h1-8,13,20,23H,9-12H2. The summed E-state index contributed by atoms with van der Waals surface area (Å²) in [6.07, 6.45) is 1.89. The summed E-state index contributed by atoms with van der Waals surface area (Å²) in [6.45, 7) is 3.90. The lowest BCUT2D eigenvalue weighted by atomic mass is 9.93. The molecule has 4 rings (SSSR count). The zero-order valence-electron chi connectivity index (χ0n) is 13.8. The normalized spacial score (nSPS) is 16.9. The highest BCUT2D eigenvalue weighted by atomic mass is 35.5. The van der Waals surface area contributed by atoms with E-state index in [1.165, 1.54) is 10.9 Å². The van der Waals surface area contributed by atoms with E-state index >= 15 is 0 Å². The first-order valence-corrected chi connectivity index (χ1v) is 9.23. The summed E-state index contributed by atoms with van der Waals surface area (Å²) in [5.74, 6) is 0. The van der Waals surface area contributed by atoms with Crippen molar-refractivity contribution in [2.75, 3.05) is 26.2 Å². The molecular weight excluding hydrogens is 353 g/mol. The molecule has 0 amide bonds. The van der Waals surface area contributed by atoms with Crippen LogP contribution in [0.1, 0.15) is 17.2 Å². The van der Waals surface area contributed by atoms with Crippen molar-refractivity contribution in [2.24, 2.45) is 0 Å². The van der Waals surface area contributed by atoms with Crippen LogP contribution in [-0.2, 0) is 0 Å². The number of pyridine rings is 1. The maximum atomic E-state index is 6.60. The van der Waals surface area contributed by atoms with Gasteiger partial charge in [0.25, 0.3) is 0 Å². The number of hydrogen-bond acceptors (Lipinski definition) is 3. The molecule has 3 aromatic rings. The molecule has 128 valence electrons. The van der Waals surface area contributed by atoms with Crippen molar-refractivity contribution >= 4 is 34.1 Å². The third-order valence-electron chi connectivity index (χ3n) is 4.75. The minimum atomic E-state index is 0.0831. The van der Waals surface area contributed by atoms with Gasteiger partial charge >= 0.3 is 0 Å². The lowest BCUT2D eigenvalue weighted by Crippen LogP contribution is -2.45. The van der Waals surface area contributed by atoms with Crippen molar-refractivity contribution < 1.29 is 0 Å². The highest BCUT2D eigenvalue weighted by Crippen LogP contribution is 2.37. The predicted molar refractivity (Wildman–Crippen MR) is 104 cm³/mol. The molecule has 1 N–H and O–H groups in total. The van der Waals surface area contributed by atoms with Crippen LogP contribution in [0.5, 0.6) is 0 Å². The van der Waals surface area contributed by atoms with Gasteiger partial charge < -0.3 is 5.32 Å². The van der Waals surface area contributed by atoms with Gasteiger partial charge in [-0.3, -0.25) is 9.88 Å². The summed E-state index contributed by atoms with van der Waals surface area (Å²) in [5.41, 5.74) is 3.33. The van der Waals surface area contributed by atoms with Crippen LogP contribution in [0.25, 0.3) is 10.9 Å². The molecule has 1 unspecified atom stereocenters. The van der Waals surface area contributed by atoms with Crippen LogP contribution >= 0.6 is 23.2 Å². The molecule has 0 saturated carbocycles.